The maximum Gasteiger partial charge on any atom is 0.195 e. The summed E-state index contributed by atoms with van der Waals surface area (Å²) in [6, 6.07) is 10.3. The molecule has 5 heteroatoms. The highest BCUT2D eigenvalue weighted by Gasteiger charge is 1.98. The molecule has 2 rings (SSSR count). The van der Waals surface area contributed by atoms with E-state index in [0.29, 0.717) is 11.7 Å². The van der Waals surface area contributed by atoms with Gasteiger partial charge in [-0.2, -0.15) is 4.99 Å². The SMILES string of the molecule is C=CCNC(=S)N=c1sccn1Cc1ccccc1. The van der Waals surface area contributed by atoms with E-state index in [1.54, 1.807) is 17.4 Å². The van der Waals surface area contributed by atoms with E-state index in [0.717, 1.165) is 11.3 Å². The lowest BCUT2D eigenvalue weighted by Gasteiger charge is -2.03. The Balaban J connectivity index is 2.16. The largest absolute Gasteiger partial charge is 0.357 e. The Morgan fingerprint density at radius 1 is 1.42 bits per heavy atom. The molecule has 0 fully saturated rings. The summed E-state index contributed by atoms with van der Waals surface area (Å²) in [7, 11) is 0. The summed E-state index contributed by atoms with van der Waals surface area (Å²) in [6.07, 6.45) is 3.78. The van der Waals surface area contributed by atoms with Gasteiger partial charge >= 0.3 is 0 Å². The van der Waals surface area contributed by atoms with Crippen molar-refractivity contribution in [3.8, 4) is 0 Å². The van der Waals surface area contributed by atoms with Crippen LogP contribution in [0, 0.1) is 0 Å². The normalized spacial score (nSPS) is 11.3. The first-order valence-corrected chi connectivity index (χ1v) is 7.19. The molecule has 0 spiro atoms. The average Bonchev–Trinajstić information content (AvgIpc) is 2.85. The zero-order valence-corrected chi connectivity index (χ0v) is 12.1. The number of benzene rings is 1. The molecule has 1 aromatic carbocycles. The van der Waals surface area contributed by atoms with E-state index in [4.69, 9.17) is 12.2 Å². The summed E-state index contributed by atoms with van der Waals surface area (Å²) in [6.45, 7) is 5.07. The molecular formula is C14H15N3S2. The second-order valence-corrected chi connectivity index (χ2v) is 5.15. The molecule has 1 heterocycles. The smallest absolute Gasteiger partial charge is 0.195 e. The summed E-state index contributed by atoms with van der Waals surface area (Å²) in [5.41, 5.74) is 1.24. The van der Waals surface area contributed by atoms with Gasteiger partial charge in [0.15, 0.2) is 9.91 Å². The van der Waals surface area contributed by atoms with Gasteiger partial charge in [0.1, 0.15) is 0 Å². The Morgan fingerprint density at radius 2 is 2.21 bits per heavy atom. The van der Waals surface area contributed by atoms with Crippen LogP contribution in [0.25, 0.3) is 0 Å². The monoisotopic (exact) mass is 289 g/mol. The van der Waals surface area contributed by atoms with Gasteiger partial charge in [-0.15, -0.1) is 17.9 Å². The number of thiocarbonyl (C=S) groups is 1. The van der Waals surface area contributed by atoms with Gasteiger partial charge in [0.25, 0.3) is 0 Å². The second-order valence-electron chi connectivity index (χ2n) is 3.89. The van der Waals surface area contributed by atoms with Crippen molar-refractivity contribution >= 4 is 28.7 Å². The molecule has 0 saturated heterocycles. The summed E-state index contributed by atoms with van der Waals surface area (Å²) in [4.78, 5) is 5.30. The van der Waals surface area contributed by atoms with Gasteiger partial charge in [-0.3, -0.25) is 0 Å². The first-order valence-electron chi connectivity index (χ1n) is 5.91. The Bertz CT molecular complexity index is 611. The van der Waals surface area contributed by atoms with Crippen molar-refractivity contribution in [2.24, 2.45) is 4.99 Å². The molecule has 1 aromatic heterocycles. The lowest BCUT2D eigenvalue weighted by atomic mass is 10.2. The Hall–Kier alpha value is -1.72. The van der Waals surface area contributed by atoms with Gasteiger partial charge in [0.2, 0.25) is 0 Å². The quantitative estimate of drug-likeness (QED) is 0.692. The highest BCUT2D eigenvalue weighted by molar-refractivity contribution is 7.80. The molecular weight excluding hydrogens is 274 g/mol. The number of thiazole rings is 1. The van der Waals surface area contributed by atoms with Crippen molar-refractivity contribution in [2.45, 2.75) is 6.54 Å². The van der Waals surface area contributed by atoms with Crippen LogP contribution in [0.3, 0.4) is 0 Å². The summed E-state index contributed by atoms with van der Waals surface area (Å²) in [5, 5.41) is 5.50. The van der Waals surface area contributed by atoms with Gasteiger partial charge < -0.3 is 9.88 Å². The summed E-state index contributed by atoms with van der Waals surface area (Å²) < 4.78 is 2.09. The standard InChI is InChI=1S/C14H15N3S2/c1-2-8-15-13(18)16-14-17(9-10-19-14)11-12-6-4-3-5-7-12/h2-7,9-10H,1,8,11H2,(H,15,18). The predicted molar refractivity (Wildman–Crippen MR) is 84.2 cm³/mol. The number of hydrogen-bond donors (Lipinski definition) is 1. The highest BCUT2D eigenvalue weighted by atomic mass is 32.1. The van der Waals surface area contributed by atoms with Crippen LogP contribution in [0.4, 0.5) is 0 Å². The lowest BCUT2D eigenvalue weighted by Crippen LogP contribution is -2.24. The Kier molecular flexibility index (Phi) is 5.06. The van der Waals surface area contributed by atoms with Crippen molar-refractivity contribution in [1.82, 2.24) is 9.88 Å². The third-order valence-corrected chi connectivity index (χ3v) is 3.48. The van der Waals surface area contributed by atoms with Crippen LogP contribution in [-0.2, 0) is 6.54 Å². The molecule has 0 aliphatic rings. The molecule has 0 atom stereocenters. The van der Waals surface area contributed by atoms with Crippen LogP contribution in [0.15, 0.2) is 59.6 Å². The fourth-order valence-corrected chi connectivity index (χ4v) is 2.53. The lowest BCUT2D eigenvalue weighted by molar-refractivity contribution is 0.770. The van der Waals surface area contributed by atoms with Crippen molar-refractivity contribution in [3.05, 3.63) is 64.9 Å². The van der Waals surface area contributed by atoms with Crippen LogP contribution in [0.2, 0.25) is 0 Å². The Labute approximate surface area is 121 Å². The molecule has 1 N–H and O–H groups in total. The van der Waals surface area contributed by atoms with Gasteiger partial charge in [0.05, 0.1) is 0 Å². The van der Waals surface area contributed by atoms with Crippen molar-refractivity contribution in [1.29, 1.82) is 0 Å². The van der Waals surface area contributed by atoms with E-state index in [1.807, 2.05) is 29.8 Å². The topological polar surface area (TPSA) is 29.3 Å². The van der Waals surface area contributed by atoms with Gasteiger partial charge in [0, 0.05) is 24.7 Å². The second kappa shape index (κ2) is 7.01. The minimum absolute atomic E-state index is 0.490. The van der Waals surface area contributed by atoms with Crippen LogP contribution < -0.4 is 10.1 Å². The van der Waals surface area contributed by atoms with Crippen molar-refractivity contribution in [2.75, 3.05) is 6.54 Å². The fraction of sp³-hybridized carbons (Fsp3) is 0.143. The van der Waals surface area contributed by atoms with E-state index in [1.165, 1.54) is 5.56 Å². The molecule has 2 aromatic rings. The van der Waals surface area contributed by atoms with Crippen LogP contribution in [-0.4, -0.2) is 16.2 Å². The molecule has 0 radical (unpaired) electrons. The molecule has 19 heavy (non-hydrogen) atoms. The van der Waals surface area contributed by atoms with Crippen LogP contribution in [0.5, 0.6) is 0 Å². The van der Waals surface area contributed by atoms with Gasteiger partial charge in [-0.25, -0.2) is 0 Å². The number of hydrogen-bond acceptors (Lipinski definition) is 2. The molecule has 0 amide bonds. The van der Waals surface area contributed by atoms with Gasteiger partial charge in [-0.05, 0) is 17.8 Å². The van der Waals surface area contributed by atoms with Gasteiger partial charge in [-0.1, -0.05) is 36.4 Å². The minimum atomic E-state index is 0.490. The third-order valence-electron chi connectivity index (χ3n) is 2.45. The zero-order valence-electron chi connectivity index (χ0n) is 10.5. The number of aromatic nitrogens is 1. The van der Waals surface area contributed by atoms with E-state index in [2.05, 4.69) is 33.6 Å². The highest BCUT2D eigenvalue weighted by Crippen LogP contribution is 2.01. The molecule has 0 bridgehead atoms. The van der Waals surface area contributed by atoms with Crippen molar-refractivity contribution < 1.29 is 0 Å². The van der Waals surface area contributed by atoms with E-state index < -0.39 is 0 Å². The molecule has 0 saturated carbocycles. The van der Waals surface area contributed by atoms with E-state index in [9.17, 15) is 0 Å². The van der Waals surface area contributed by atoms with E-state index in [-0.39, 0.29) is 0 Å². The van der Waals surface area contributed by atoms with Crippen LogP contribution in [0.1, 0.15) is 5.56 Å². The summed E-state index contributed by atoms with van der Waals surface area (Å²) in [5.74, 6) is 0. The van der Waals surface area contributed by atoms with Crippen molar-refractivity contribution in [3.63, 3.8) is 0 Å². The summed E-state index contributed by atoms with van der Waals surface area (Å²) >= 11 is 6.73. The number of rotatable bonds is 4. The number of nitrogens with one attached hydrogen (secondary N) is 1. The maximum absolute atomic E-state index is 5.16. The molecule has 3 nitrogen and oxygen atoms in total. The first kappa shape index (κ1) is 13.7. The predicted octanol–water partition coefficient (Wildman–Crippen LogP) is 2.56. The first-order chi connectivity index (χ1) is 9.29. The van der Waals surface area contributed by atoms with Crippen LogP contribution >= 0.6 is 23.6 Å². The molecule has 0 unspecified atom stereocenters. The maximum atomic E-state index is 5.16. The fourth-order valence-electron chi connectivity index (χ4n) is 1.57. The third kappa shape index (κ3) is 4.15. The molecule has 0 aliphatic heterocycles. The molecule has 0 aliphatic carbocycles. The Morgan fingerprint density at radius 3 is 2.95 bits per heavy atom. The zero-order chi connectivity index (χ0) is 13.5. The minimum Gasteiger partial charge on any atom is -0.357 e. The number of nitrogens with zero attached hydrogens (tertiary/aromatic N) is 2. The average molecular weight is 289 g/mol. The van der Waals surface area contributed by atoms with E-state index >= 15 is 0 Å². The molecule has 98 valence electrons.